The molecule has 5 rings (SSSR count). The molecule has 0 N–H and O–H groups in total. The maximum Gasteiger partial charge on any atom is 0.131 e. The van der Waals surface area contributed by atoms with E-state index in [1.807, 2.05) is 6.20 Å². The molecule has 4 aromatic rings. The molecule has 0 fully saturated rings. The van der Waals surface area contributed by atoms with Crippen LogP contribution in [0.4, 0.5) is 0 Å². The Labute approximate surface area is 178 Å². The van der Waals surface area contributed by atoms with E-state index in [0.29, 0.717) is 5.92 Å². The number of benzene rings is 2. The average Bonchev–Trinajstić information content (AvgIpc) is 3.11. The summed E-state index contributed by atoms with van der Waals surface area (Å²) in [7, 11) is 0. The summed E-state index contributed by atoms with van der Waals surface area (Å²) in [6.45, 7) is 8.11. The summed E-state index contributed by atoms with van der Waals surface area (Å²) in [4.78, 5) is 11.9. The molecular formula is C26H28N4. The predicted octanol–water partition coefficient (Wildman–Crippen LogP) is 5.16. The van der Waals surface area contributed by atoms with Gasteiger partial charge >= 0.3 is 0 Å². The summed E-state index contributed by atoms with van der Waals surface area (Å²) in [6, 6.07) is 19.5. The Kier molecular flexibility index (Phi) is 5.09. The van der Waals surface area contributed by atoms with Crippen LogP contribution in [-0.2, 0) is 26.1 Å². The number of nitrogens with zero attached hydrogens (tertiary/aromatic N) is 4. The maximum absolute atomic E-state index is 4.87. The Bertz CT molecular complexity index is 1160. The van der Waals surface area contributed by atoms with Crippen LogP contribution in [0.3, 0.4) is 0 Å². The Morgan fingerprint density at radius 2 is 1.77 bits per heavy atom. The molecule has 2 aromatic carbocycles. The van der Waals surface area contributed by atoms with E-state index in [2.05, 4.69) is 89.1 Å². The van der Waals surface area contributed by atoms with Gasteiger partial charge in [-0.1, -0.05) is 62.4 Å². The van der Waals surface area contributed by atoms with Gasteiger partial charge in [0.05, 0.1) is 5.69 Å². The fraction of sp³-hybridized carbons (Fsp3) is 0.308. The SMILES string of the molecule is CC(C)c1ncc2c(n1)CN(Cc1cn(Cc3ccccc3)c3ccccc13)CC2. The lowest BCUT2D eigenvalue weighted by Crippen LogP contribution is -2.31. The van der Waals surface area contributed by atoms with Crippen molar-refractivity contribution in [3.05, 3.63) is 95.2 Å². The Balaban J connectivity index is 1.41. The predicted molar refractivity (Wildman–Crippen MR) is 121 cm³/mol. The molecule has 1 aliphatic rings. The van der Waals surface area contributed by atoms with Crippen molar-refractivity contribution in [2.45, 2.75) is 45.8 Å². The van der Waals surface area contributed by atoms with Crippen LogP contribution >= 0.6 is 0 Å². The molecule has 30 heavy (non-hydrogen) atoms. The first-order valence-electron chi connectivity index (χ1n) is 10.8. The van der Waals surface area contributed by atoms with Crippen molar-refractivity contribution >= 4 is 10.9 Å². The third kappa shape index (κ3) is 3.75. The van der Waals surface area contributed by atoms with Gasteiger partial charge in [0.1, 0.15) is 5.82 Å². The zero-order chi connectivity index (χ0) is 20.5. The van der Waals surface area contributed by atoms with Crippen LogP contribution in [-0.4, -0.2) is 26.0 Å². The minimum Gasteiger partial charge on any atom is -0.343 e. The van der Waals surface area contributed by atoms with Crippen molar-refractivity contribution in [3.63, 3.8) is 0 Å². The van der Waals surface area contributed by atoms with Crippen molar-refractivity contribution in [3.8, 4) is 0 Å². The third-order valence-corrected chi connectivity index (χ3v) is 6.02. The highest BCUT2D eigenvalue weighted by atomic mass is 15.1. The monoisotopic (exact) mass is 396 g/mol. The lowest BCUT2D eigenvalue weighted by molar-refractivity contribution is 0.241. The van der Waals surface area contributed by atoms with Gasteiger partial charge in [0.15, 0.2) is 0 Å². The number of rotatable bonds is 5. The van der Waals surface area contributed by atoms with Crippen molar-refractivity contribution in [1.82, 2.24) is 19.4 Å². The molecule has 0 saturated heterocycles. The summed E-state index contributed by atoms with van der Waals surface area (Å²) >= 11 is 0. The van der Waals surface area contributed by atoms with E-state index in [0.717, 1.165) is 38.4 Å². The Hall–Kier alpha value is -2.98. The van der Waals surface area contributed by atoms with Gasteiger partial charge in [0.25, 0.3) is 0 Å². The van der Waals surface area contributed by atoms with E-state index in [-0.39, 0.29) is 0 Å². The van der Waals surface area contributed by atoms with Gasteiger partial charge in [0.2, 0.25) is 0 Å². The quantitative estimate of drug-likeness (QED) is 0.467. The van der Waals surface area contributed by atoms with E-state index in [1.165, 1.54) is 33.3 Å². The lowest BCUT2D eigenvalue weighted by Gasteiger charge is -2.28. The molecule has 1 aliphatic heterocycles. The summed E-state index contributed by atoms with van der Waals surface area (Å²) in [5.74, 6) is 1.32. The second kappa shape index (κ2) is 8.04. The number of para-hydroxylation sites is 1. The van der Waals surface area contributed by atoms with Crippen molar-refractivity contribution in [1.29, 1.82) is 0 Å². The minimum absolute atomic E-state index is 0.363. The highest BCUT2D eigenvalue weighted by Crippen LogP contribution is 2.26. The third-order valence-electron chi connectivity index (χ3n) is 6.02. The molecule has 3 heterocycles. The fourth-order valence-corrected chi connectivity index (χ4v) is 4.39. The topological polar surface area (TPSA) is 34.0 Å². The van der Waals surface area contributed by atoms with Crippen LogP contribution in [0.1, 0.15) is 48.0 Å². The molecule has 0 atom stereocenters. The first-order valence-corrected chi connectivity index (χ1v) is 10.8. The summed E-state index contributed by atoms with van der Waals surface area (Å²) in [6.07, 6.45) is 5.41. The summed E-state index contributed by atoms with van der Waals surface area (Å²) < 4.78 is 2.39. The lowest BCUT2D eigenvalue weighted by atomic mass is 10.0. The van der Waals surface area contributed by atoms with E-state index < -0.39 is 0 Å². The molecule has 0 spiro atoms. The molecule has 4 heteroatoms. The molecule has 0 aliphatic carbocycles. The zero-order valence-corrected chi connectivity index (χ0v) is 17.8. The van der Waals surface area contributed by atoms with Crippen LogP contribution in [0.5, 0.6) is 0 Å². The van der Waals surface area contributed by atoms with Gasteiger partial charge in [-0.25, -0.2) is 9.97 Å². The van der Waals surface area contributed by atoms with E-state index in [9.17, 15) is 0 Å². The first kappa shape index (κ1) is 19.0. The second-order valence-electron chi connectivity index (χ2n) is 8.60. The normalized spacial score (nSPS) is 14.4. The zero-order valence-electron chi connectivity index (χ0n) is 17.8. The van der Waals surface area contributed by atoms with Gasteiger partial charge in [0, 0.05) is 55.4 Å². The van der Waals surface area contributed by atoms with Crippen LogP contribution in [0.15, 0.2) is 67.0 Å². The van der Waals surface area contributed by atoms with Gasteiger partial charge in [-0.2, -0.15) is 0 Å². The molecule has 152 valence electrons. The first-order chi connectivity index (χ1) is 14.7. The maximum atomic E-state index is 4.87. The molecule has 4 nitrogen and oxygen atoms in total. The van der Waals surface area contributed by atoms with Crippen LogP contribution in [0.2, 0.25) is 0 Å². The van der Waals surface area contributed by atoms with Crippen LogP contribution in [0, 0.1) is 0 Å². The Morgan fingerprint density at radius 3 is 2.60 bits per heavy atom. The van der Waals surface area contributed by atoms with Crippen LogP contribution < -0.4 is 0 Å². The molecular weight excluding hydrogens is 368 g/mol. The smallest absolute Gasteiger partial charge is 0.131 e. The highest BCUT2D eigenvalue weighted by Gasteiger charge is 2.21. The van der Waals surface area contributed by atoms with Crippen LogP contribution in [0.25, 0.3) is 10.9 Å². The largest absolute Gasteiger partial charge is 0.343 e. The number of aromatic nitrogens is 3. The standard InChI is InChI=1S/C26H28N4/c1-19(2)26-27-14-21-12-13-29(18-24(21)28-26)16-22-17-30(15-20-8-4-3-5-9-20)25-11-7-6-10-23(22)25/h3-11,14,17,19H,12-13,15-16,18H2,1-2H3. The highest BCUT2D eigenvalue weighted by molar-refractivity contribution is 5.84. The number of hydrogen-bond acceptors (Lipinski definition) is 3. The number of hydrogen-bond donors (Lipinski definition) is 0. The molecule has 0 saturated carbocycles. The number of fused-ring (bicyclic) bond motifs is 2. The fourth-order valence-electron chi connectivity index (χ4n) is 4.39. The molecule has 0 amide bonds. The Morgan fingerprint density at radius 1 is 0.967 bits per heavy atom. The summed E-state index contributed by atoms with van der Waals surface area (Å²) in [5.41, 5.74) is 6.53. The summed E-state index contributed by atoms with van der Waals surface area (Å²) in [5, 5.41) is 1.35. The van der Waals surface area contributed by atoms with Crippen molar-refractivity contribution in [2.75, 3.05) is 6.54 Å². The van der Waals surface area contributed by atoms with Gasteiger partial charge in [-0.05, 0) is 29.2 Å². The minimum atomic E-state index is 0.363. The molecule has 0 radical (unpaired) electrons. The van der Waals surface area contributed by atoms with Crippen molar-refractivity contribution < 1.29 is 0 Å². The average molecular weight is 397 g/mol. The van der Waals surface area contributed by atoms with E-state index >= 15 is 0 Å². The van der Waals surface area contributed by atoms with Gasteiger partial charge < -0.3 is 4.57 Å². The van der Waals surface area contributed by atoms with Gasteiger partial charge in [-0.3, -0.25) is 4.90 Å². The second-order valence-corrected chi connectivity index (χ2v) is 8.60. The van der Waals surface area contributed by atoms with Gasteiger partial charge in [-0.15, -0.1) is 0 Å². The molecule has 0 unspecified atom stereocenters. The van der Waals surface area contributed by atoms with Crippen molar-refractivity contribution in [2.24, 2.45) is 0 Å². The molecule has 2 aromatic heterocycles. The van der Waals surface area contributed by atoms with E-state index in [4.69, 9.17) is 4.98 Å². The van der Waals surface area contributed by atoms with E-state index in [1.54, 1.807) is 0 Å². The molecule has 0 bridgehead atoms.